The SMILES string of the molecule is Cc1cc(C)cc(NC(=O)c2cnc(Nc3ccc(C(F)(F)F)cc3)cn2)c1. The third kappa shape index (κ3) is 4.85. The van der Waals surface area contributed by atoms with Gasteiger partial charge in [-0.1, -0.05) is 6.07 Å². The fourth-order valence-corrected chi connectivity index (χ4v) is 2.64. The van der Waals surface area contributed by atoms with E-state index in [1.165, 1.54) is 24.5 Å². The van der Waals surface area contributed by atoms with Gasteiger partial charge in [-0.3, -0.25) is 4.79 Å². The van der Waals surface area contributed by atoms with Crippen molar-refractivity contribution in [1.82, 2.24) is 9.97 Å². The van der Waals surface area contributed by atoms with Gasteiger partial charge in [0.1, 0.15) is 11.5 Å². The van der Waals surface area contributed by atoms with Crippen molar-refractivity contribution in [2.75, 3.05) is 10.6 Å². The average Bonchev–Trinajstić information content (AvgIpc) is 2.61. The predicted molar refractivity (Wildman–Crippen MR) is 101 cm³/mol. The first-order valence-electron chi connectivity index (χ1n) is 8.37. The zero-order valence-electron chi connectivity index (χ0n) is 15.1. The number of nitrogens with zero attached hydrogens (tertiary/aromatic N) is 2. The summed E-state index contributed by atoms with van der Waals surface area (Å²) < 4.78 is 37.8. The molecule has 0 aliphatic carbocycles. The van der Waals surface area contributed by atoms with Crippen molar-refractivity contribution in [2.24, 2.45) is 0 Å². The molecule has 28 heavy (non-hydrogen) atoms. The van der Waals surface area contributed by atoms with E-state index in [-0.39, 0.29) is 5.69 Å². The van der Waals surface area contributed by atoms with E-state index in [2.05, 4.69) is 20.6 Å². The van der Waals surface area contributed by atoms with Crippen molar-refractivity contribution in [1.29, 1.82) is 0 Å². The second-order valence-corrected chi connectivity index (χ2v) is 6.32. The quantitative estimate of drug-likeness (QED) is 0.654. The van der Waals surface area contributed by atoms with Gasteiger partial charge in [-0.2, -0.15) is 13.2 Å². The van der Waals surface area contributed by atoms with Gasteiger partial charge in [-0.15, -0.1) is 0 Å². The Labute approximate surface area is 159 Å². The van der Waals surface area contributed by atoms with Crippen molar-refractivity contribution < 1.29 is 18.0 Å². The number of carbonyl (C=O) groups is 1. The van der Waals surface area contributed by atoms with Gasteiger partial charge in [0.25, 0.3) is 5.91 Å². The van der Waals surface area contributed by atoms with E-state index in [0.29, 0.717) is 17.2 Å². The average molecular weight is 386 g/mol. The van der Waals surface area contributed by atoms with Crippen LogP contribution in [0.1, 0.15) is 27.2 Å². The summed E-state index contributed by atoms with van der Waals surface area (Å²) >= 11 is 0. The van der Waals surface area contributed by atoms with E-state index in [1.807, 2.05) is 32.0 Å². The van der Waals surface area contributed by atoms with Crippen LogP contribution >= 0.6 is 0 Å². The first-order valence-corrected chi connectivity index (χ1v) is 8.37. The van der Waals surface area contributed by atoms with Gasteiger partial charge >= 0.3 is 6.18 Å². The van der Waals surface area contributed by atoms with Crippen molar-refractivity contribution in [2.45, 2.75) is 20.0 Å². The Hall–Kier alpha value is -3.42. The highest BCUT2D eigenvalue weighted by atomic mass is 19.4. The van der Waals surface area contributed by atoms with Gasteiger partial charge in [0.2, 0.25) is 0 Å². The van der Waals surface area contributed by atoms with Crippen molar-refractivity contribution in [3.8, 4) is 0 Å². The monoisotopic (exact) mass is 386 g/mol. The molecule has 0 atom stereocenters. The Kier molecular flexibility index (Phi) is 5.30. The molecule has 0 bridgehead atoms. The molecule has 1 amide bonds. The summed E-state index contributed by atoms with van der Waals surface area (Å²) in [6, 6.07) is 10.2. The molecule has 144 valence electrons. The number of hydrogen-bond donors (Lipinski definition) is 2. The van der Waals surface area contributed by atoms with Gasteiger partial charge in [0.15, 0.2) is 0 Å². The molecule has 2 N–H and O–H groups in total. The molecule has 3 rings (SSSR count). The molecule has 2 aromatic carbocycles. The van der Waals surface area contributed by atoms with E-state index >= 15 is 0 Å². The molecule has 0 aliphatic heterocycles. The lowest BCUT2D eigenvalue weighted by atomic mass is 10.1. The maximum absolute atomic E-state index is 12.6. The molecule has 8 heteroatoms. The molecule has 3 aromatic rings. The van der Waals surface area contributed by atoms with Gasteiger partial charge in [0.05, 0.1) is 18.0 Å². The topological polar surface area (TPSA) is 66.9 Å². The minimum absolute atomic E-state index is 0.122. The summed E-state index contributed by atoms with van der Waals surface area (Å²) in [4.78, 5) is 20.4. The van der Waals surface area contributed by atoms with Crippen molar-refractivity contribution in [3.05, 3.63) is 77.2 Å². The summed E-state index contributed by atoms with van der Waals surface area (Å²) in [6.45, 7) is 3.87. The number of rotatable bonds is 4. The van der Waals surface area contributed by atoms with E-state index in [4.69, 9.17) is 0 Å². The van der Waals surface area contributed by atoms with Gasteiger partial charge in [-0.05, 0) is 61.4 Å². The van der Waals surface area contributed by atoms with Gasteiger partial charge in [-0.25, -0.2) is 9.97 Å². The van der Waals surface area contributed by atoms with E-state index in [1.54, 1.807) is 0 Å². The molecule has 0 radical (unpaired) electrons. The zero-order valence-corrected chi connectivity index (χ0v) is 15.1. The molecule has 0 unspecified atom stereocenters. The van der Waals surface area contributed by atoms with Crippen LogP contribution in [0.3, 0.4) is 0 Å². The Balaban J connectivity index is 1.66. The number of carbonyl (C=O) groups excluding carboxylic acids is 1. The normalized spacial score (nSPS) is 11.2. The van der Waals surface area contributed by atoms with Crippen molar-refractivity contribution >= 4 is 23.1 Å². The lowest BCUT2D eigenvalue weighted by molar-refractivity contribution is -0.137. The summed E-state index contributed by atoms with van der Waals surface area (Å²) in [6.07, 6.45) is -1.75. The molecular formula is C20H17F3N4O. The molecular weight excluding hydrogens is 369 g/mol. The number of amides is 1. The van der Waals surface area contributed by atoms with Crippen LogP contribution < -0.4 is 10.6 Å². The number of aryl methyl sites for hydroxylation is 2. The summed E-state index contributed by atoms with van der Waals surface area (Å²) in [5.41, 5.74) is 2.53. The number of halogens is 3. The summed E-state index contributed by atoms with van der Waals surface area (Å²) in [5.74, 6) is -0.0960. The minimum atomic E-state index is -4.39. The molecule has 0 aliphatic rings. The van der Waals surface area contributed by atoms with Gasteiger partial charge < -0.3 is 10.6 Å². The van der Waals surface area contributed by atoms with Crippen LogP contribution in [0.5, 0.6) is 0 Å². The minimum Gasteiger partial charge on any atom is -0.339 e. The van der Waals surface area contributed by atoms with Crippen LogP contribution in [0.4, 0.5) is 30.4 Å². The predicted octanol–water partition coefficient (Wildman–Crippen LogP) is 5.11. The Morgan fingerprint density at radius 3 is 2.07 bits per heavy atom. The molecule has 1 aromatic heterocycles. The molecule has 0 fully saturated rings. The molecule has 0 saturated carbocycles. The Morgan fingerprint density at radius 2 is 1.54 bits per heavy atom. The van der Waals surface area contributed by atoms with Crippen LogP contribution in [-0.2, 0) is 6.18 Å². The molecule has 5 nitrogen and oxygen atoms in total. The lowest BCUT2D eigenvalue weighted by Crippen LogP contribution is -2.14. The van der Waals surface area contributed by atoms with E-state index in [0.717, 1.165) is 23.3 Å². The smallest absolute Gasteiger partial charge is 0.339 e. The second-order valence-electron chi connectivity index (χ2n) is 6.32. The fourth-order valence-electron chi connectivity index (χ4n) is 2.64. The molecule has 1 heterocycles. The highest BCUT2D eigenvalue weighted by molar-refractivity contribution is 6.02. The largest absolute Gasteiger partial charge is 0.416 e. The molecule has 0 saturated heterocycles. The third-order valence-electron chi connectivity index (χ3n) is 3.85. The maximum atomic E-state index is 12.6. The summed E-state index contributed by atoms with van der Waals surface area (Å²) in [7, 11) is 0. The van der Waals surface area contributed by atoms with Crippen LogP contribution in [0.15, 0.2) is 54.9 Å². The number of alkyl halides is 3. The van der Waals surface area contributed by atoms with E-state index < -0.39 is 17.6 Å². The van der Waals surface area contributed by atoms with Gasteiger partial charge in [0, 0.05) is 11.4 Å². The Morgan fingerprint density at radius 1 is 0.893 bits per heavy atom. The number of nitrogens with one attached hydrogen (secondary N) is 2. The van der Waals surface area contributed by atoms with Crippen LogP contribution in [0.25, 0.3) is 0 Å². The first-order chi connectivity index (χ1) is 13.2. The number of hydrogen-bond acceptors (Lipinski definition) is 4. The molecule has 0 spiro atoms. The highest BCUT2D eigenvalue weighted by Crippen LogP contribution is 2.30. The fraction of sp³-hybridized carbons (Fsp3) is 0.150. The van der Waals surface area contributed by atoms with E-state index in [9.17, 15) is 18.0 Å². The number of benzene rings is 2. The Bertz CT molecular complexity index is 964. The second kappa shape index (κ2) is 7.67. The summed E-state index contributed by atoms with van der Waals surface area (Å²) in [5, 5.41) is 5.60. The van der Waals surface area contributed by atoms with Crippen LogP contribution in [0, 0.1) is 13.8 Å². The van der Waals surface area contributed by atoms with Crippen LogP contribution in [0.2, 0.25) is 0 Å². The number of anilines is 3. The zero-order chi connectivity index (χ0) is 20.3. The number of aromatic nitrogens is 2. The standard InChI is InChI=1S/C20H17F3N4O/c1-12-7-13(2)9-16(8-12)27-19(28)17-10-25-18(11-24-17)26-15-5-3-14(4-6-15)20(21,22)23/h3-11H,1-2H3,(H,25,26)(H,27,28). The lowest BCUT2D eigenvalue weighted by Gasteiger charge is -2.09. The maximum Gasteiger partial charge on any atom is 0.416 e. The van der Waals surface area contributed by atoms with Crippen LogP contribution in [-0.4, -0.2) is 15.9 Å². The highest BCUT2D eigenvalue weighted by Gasteiger charge is 2.29. The third-order valence-corrected chi connectivity index (χ3v) is 3.85. The first kappa shape index (κ1) is 19.3. The van der Waals surface area contributed by atoms with Crippen molar-refractivity contribution in [3.63, 3.8) is 0 Å².